The molecule has 1 aromatic heterocycles. The van der Waals surface area contributed by atoms with Gasteiger partial charge in [0.25, 0.3) is 0 Å². The molecule has 1 aliphatic rings. The topological polar surface area (TPSA) is 122 Å². The van der Waals surface area contributed by atoms with Gasteiger partial charge in [-0.1, -0.05) is 0 Å². The smallest absolute Gasteiger partial charge is 0.240 e. The van der Waals surface area contributed by atoms with Crippen LogP contribution in [0.1, 0.15) is 6.42 Å². The molecule has 2 heterocycles. The standard InChI is InChI=1S/C13H15BrN6O2S/c14-11-7-17-13-19-9-4-8(15)5-10(6-9)23(21,22)18-3-1-2-16-12(11)20-13/h4-7,18H,1-3,15H2,(H2,16,17,19,20). The number of nitrogen functional groups attached to an aromatic ring is 1. The van der Waals surface area contributed by atoms with E-state index in [2.05, 4.69) is 41.3 Å². The van der Waals surface area contributed by atoms with Crippen molar-refractivity contribution >= 4 is 49.1 Å². The number of benzene rings is 1. The van der Waals surface area contributed by atoms with Gasteiger partial charge in [0.1, 0.15) is 5.82 Å². The van der Waals surface area contributed by atoms with Crippen molar-refractivity contribution in [2.45, 2.75) is 11.3 Å². The van der Waals surface area contributed by atoms with Crippen molar-refractivity contribution in [3.8, 4) is 0 Å². The van der Waals surface area contributed by atoms with Gasteiger partial charge in [-0.2, -0.15) is 4.98 Å². The van der Waals surface area contributed by atoms with Crippen molar-refractivity contribution in [2.75, 3.05) is 29.5 Å². The second-order valence-corrected chi connectivity index (χ2v) is 7.61. The van der Waals surface area contributed by atoms with Gasteiger partial charge in [0.05, 0.1) is 9.37 Å². The molecule has 0 amide bonds. The van der Waals surface area contributed by atoms with Gasteiger partial charge in [0.2, 0.25) is 16.0 Å². The second-order valence-electron chi connectivity index (χ2n) is 4.98. The van der Waals surface area contributed by atoms with E-state index in [1.807, 2.05) is 0 Å². The van der Waals surface area contributed by atoms with E-state index in [4.69, 9.17) is 5.73 Å². The first-order valence-corrected chi connectivity index (χ1v) is 9.15. The molecular formula is C13H15BrN6O2S. The molecular weight excluding hydrogens is 384 g/mol. The first-order chi connectivity index (χ1) is 10.9. The van der Waals surface area contributed by atoms with Gasteiger partial charge in [-0.3, -0.25) is 0 Å². The minimum Gasteiger partial charge on any atom is -0.399 e. The van der Waals surface area contributed by atoms with E-state index in [1.165, 1.54) is 12.1 Å². The molecule has 5 N–H and O–H groups in total. The number of nitrogens with two attached hydrogens (primary N) is 1. The maximum Gasteiger partial charge on any atom is 0.240 e. The normalized spacial score (nSPS) is 16.9. The van der Waals surface area contributed by atoms with Gasteiger partial charge < -0.3 is 16.4 Å². The average Bonchev–Trinajstić information content (AvgIpc) is 2.49. The van der Waals surface area contributed by atoms with Crippen molar-refractivity contribution in [2.24, 2.45) is 0 Å². The van der Waals surface area contributed by atoms with Gasteiger partial charge in [-0.25, -0.2) is 18.1 Å². The van der Waals surface area contributed by atoms with E-state index < -0.39 is 10.0 Å². The first kappa shape index (κ1) is 16.0. The van der Waals surface area contributed by atoms with Gasteiger partial charge in [0, 0.05) is 30.7 Å². The molecule has 0 saturated carbocycles. The summed E-state index contributed by atoms with van der Waals surface area (Å²) in [6.45, 7) is 0.875. The lowest BCUT2D eigenvalue weighted by atomic mass is 10.3. The van der Waals surface area contributed by atoms with Crippen LogP contribution >= 0.6 is 15.9 Å². The third-order valence-electron chi connectivity index (χ3n) is 3.18. The molecule has 0 unspecified atom stereocenters. The number of aromatic nitrogens is 2. The van der Waals surface area contributed by atoms with E-state index in [-0.39, 0.29) is 4.90 Å². The Hall–Kier alpha value is -1.91. The fourth-order valence-electron chi connectivity index (χ4n) is 2.11. The molecule has 0 aliphatic carbocycles. The van der Waals surface area contributed by atoms with Crippen molar-refractivity contribution in [3.63, 3.8) is 0 Å². The fourth-order valence-corrected chi connectivity index (χ4v) is 3.60. The maximum atomic E-state index is 12.3. The number of nitrogens with one attached hydrogen (secondary N) is 3. The molecule has 10 heteroatoms. The zero-order chi connectivity index (χ0) is 16.4. The zero-order valence-corrected chi connectivity index (χ0v) is 14.4. The molecule has 122 valence electrons. The number of fused-ring (bicyclic) bond motifs is 4. The second kappa shape index (κ2) is 6.30. The van der Waals surface area contributed by atoms with Crippen LogP contribution in [0.2, 0.25) is 0 Å². The number of anilines is 4. The molecule has 1 aromatic carbocycles. The highest BCUT2D eigenvalue weighted by molar-refractivity contribution is 9.10. The summed E-state index contributed by atoms with van der Waals surface area (Å²) in [5.74, 6) is 0.977. The fraction of sp³-hybridized carbons (Fsp3) is 0.231. The van der Waals surface area contributed by atoms with E-state index >= 15 is 0 Å². The van der Waals surface area contributed by atoms with Crippen LogP contribution in [0.4, 0.5) is 23.1 Å². The lowest BCUT2D eigenvalue weighted by Crippen LogP contribution is -2.26. The highest BCUT2D eigenvalue weighted by atomic mass is 79.9. The van der Waals surface area contributed by atoms with Crippen LogP contribution in [0, 0.1) is 0 Å². The molecule has 2 aromatic rings. The van der Waals surface area contributed by atoms with E-state index in [0.717, 1.165) is 4.47 Å². The lowest BCUT2D eigenvalue weighted by molar-refractivity contribution is 0.580. The highest BCUT2D eigenvalue weighted by Gasteiger charge is 2.16. The molecule has 4 bridgehead atoms. The number of hydrogen-bond acceptors (Lipinski definition) is 7. The largest absolute Gasteiger partial charge is 0.399 e. The Balaban J connectivity index is 2.07. The summed E-state index contributed by atoms with van der Waals surface area (Å²) >= 11 is 3.38. The van der Waals surface area contributed by atoms with Gasteiger partial charge in [-0.15, -0.1) is 0 Å². The Morgan fingerprint density at radius 3 is 2.87 bits per heavy atom. The van der Waals surface area contributed by atoms with Crippen molar-refractivity contribution in [3.05, 3.63) is 28.9 Å². The molecule has 0 fully saturated rings. The number of halogens is 1. The molecule has 0 saturated heterocycles. The summed E-state index contributed by atoms with van der Waals surface area (Å²) in [6.07, 6.45) is 2.23. The number of hydrogen-bond donors (Lipinski definition) is 4. The average molecular weight is 399 g/mol. The molecule has 1 aliphatic heterocycles. The van der Waals surface area contributed by atoms with Crippen LogP contribution in [-0.2, 0) is 10.0 Å². The molecule has 3 rings (SSSR count). The van der Waals surface area contributed by atoms with E-state index in [0.29, 0.717) is 42.7 Å². The van der Waals surface area contributed by atoms with E-state index in [1.54, 1.807) is 12.3 Å². The maximum absolute atomic E-state index is 12.3. The monoisotopic (exact) mass is 398 g/mol. The van der Waals surface area contributed by atoms with Crippen molar-refractivity contribution in [1.29, 1.82) is 0 Å². The molecule has 23 heavy (non-hydrogen) atoms. The Morgan fingerprint density at radius 2 is 2.04 bits per heavy atom. The summed E-state index contributed by atoms with van der Waals surface area (Å²) < 4.78 is 27.9. The van der Waals surface area contributed by atoms with Crippen LogP contribution in [-0.4, -0.2) is 31.5 Å². The quantitative estimate of drug-likeness (QED) is 0.497. The molecule has 0 atom stereocenters. The Kier molecular flexibility index (Phi) is 4.37. The summed E-state index contributed by atoms with van der Waals surface area (Å²) in [6, 6.07) is 4.53. The zero-order valence-electron chi connectivity index (χ0n) is 12.0. The predicted octanol–water partition coefficient (Wildman–Crippen LogP) is 1.66. The predicted molar refractivity (Wildman–Crippen MR) is 92.2 cm³/mol. The van der Waals surface area contributed by atoms with Crippen LogP contribution in [0.3, 0.4) is 0 Å². The van der Waals surface area contributed by atoms with E-state index in [9.17, 15) is 8.42 Å². The Labute approximate surface area is 142 Å². The van der Waals surface area contributed by atoms with Crippen LogP contribution in [0.15, 0.2) is 33.8 Å². The van der Waals surface area contributed by atoms with Crippen LogP contribution < -0.4 is 21.1 Å². The highest BCUT2D eigenvalue weighted by Crippen LogP contribution is 2.25. The molecule has 8 nitrogen and oxygen atoms in total. The first-order valence-electron chi connectivity index (χ1n) is 6.88. The SMILES string of the molecule is Nc1cc2cc(c1)S(=O)(=O)NCCCNc1nc(ncc1Br)N2. The summed E-state index contributed by atoms with van der Waals surface area (Å²) in [5.41, 5.74) is 6.64. The Bertz CT molecular complexity index is 842. The van der Waals surface area contributed by atoms with Crippen molar-refractivity contribution < 1.29 is 8.42 Å². The minimum absolute atomic E-state index is 0.101. The Morgan fingerprint density at radius 1 is 1.22 bits per heavy atom. The van der Waals surface area contributed by atoms with Crippen LogP contribution in [0.25, 0.3) is 0 Å². The number of rotatable bonds is 0. The molecule has 0 spiro atoms. The third-order valence-corrected chi connectivity index (χ3v) is 5.20. The van der Waals surface area contributed by atoms with Gasteiger partial charge in [0.15, 0.2) is 0 Å². The summed E-state index contributed by atoms with van der Waals surface area (Å²) in [4.78, 5) is 8.63. The van der Waals surface area contributed by atoms with Gasteiger partial charge in [-0.05, 0) is 40.5 Å². The third kappa shape index (κ3) is 3.71. The van der Waals surface area contributed by atoms with Gasteiger partial charge >= 0.3 is 0 Å². The number of sulfonamides is 1. The molecule has 0 radical (unpaired) electrons. The summed E-state index contributed by atoms with van der Waals surface area (Å²) in [7, 11) is -3.61. The lowest BCUT2D eigenvalue weighted by Gasteiger charge is -2.10. The van der Waals surface area contributed by atoms with Crippen LogP contribution in [0.5, 0.6) is 0 Å². The number of nitrogens with zero attached hydrogens (tertiary/aromatic N) is 2. The summed E-state index contributed by atoms with van der Waals surface area (Å²) in [5, 5.41) is 6.11. The van der Waals surface area contributed by atoms with Crippen molar-refractivity contribution in [1.82, 2.24) is 14.7 Å². The minimum atomic E-state index is -3.61.